The van der Waals surface area contributed by atoms with Crippen molar-refractivity contribution in [1.29, 1.82) is 0 Å². The van der Waals surface area contributed by atoms with Gasteiger partial charge in [0.05, 0.1) is 6.54 Å². The van der Waals surface area contributed by atoms with Crippen molar-refractivity contribution in [2.24, 2.45) is 5.92 Å². The fourth-order valence-electron chi connectivity index (χ4n) is 2.98. The Balaban J connectivity index is 1.68. The van der Waals surface area contributed by atoms with Crippen LogP contribution in [0.15, 0.2) is 54.6 Å². The zero-order valence-electron chi connectivity index (χ0n) is 13.2. The van der Waals surface area contributed by atoms with Crippen LogP contribution >= 0.6 is 0 Å². The maximum absolute atomic E-state index is 12.6. The van der Waals surface area contributed by atoms with Gasteiger partial charge in [0.15, 0.2) is 0 Å². The third-order valence-corrected chi connectivity index (χ3v) is 4.08. The first-order valence-corrected chi connectivity index (χ1v) is 7.86. The molecule has 0 saturated carbocycles. The predicted octanol–water partition coefficient (Wildman–Crippen LogP) is 2.64. The lowest BCUT2D eigenvalue weighted by atomic mass is 9.94. The molecule has 0 fully saturated rings. The second-order valence-corrected chi connectivity index (χ2v) is 5.99. The first kappa shape index (κ1) is 15.3. The minimum atomic E-state index is -0.225. The van der Waals surface area contributed by atoms with Crippen LogP contribution in [0.4, 0.5) is 5.69 Å². The quantitative estimate of drug-likeness (QED) is 0.947. The molecule has 1 aliphatic rings. The van der Waals surface area contributed by atoms with Gasteiger partial charge in [-0.2, -0.15) is 0 Å². The summed E-state index contributed by atoms with van der Waals surface area (Å²) in [5.41, 5.74) is 2.71. The van der Waals surface area contributed by atoms with Crippen molar-refractivity contribution in [2.45, 2.75) is 13.3 Å². The monoisotopic (exact) mass is 308 g/mol. The van der Waals surface area contributed by atoms with Crippen molar-refractivity contribution in [3.63, 3.8) is 0 Å². The minimum absolute atomic E-state index is 0.00871. The highest BCUT2D eigenvalue weighted by Crippen LogP contribution is 2.29. The van der Waals surface area contributed by atoms with Gasteiger partial charge in [0.1, 0.15) is 0 Å². The van der Waals surface area contributed by atoms with Gasteiger partial charge in [-0.1, -0.05) is 43.3 Å². The number of carbonyl (C=O) groups excluding carboxylic acids is 2. The summed E-state index contributed by atoms with van der Waals surface area (Å²) >= 11 is 0. The molecule has 1 unspecified atom stereocenters. The van der Waals surface area contributed by atoms with E-state index in [0.29, 0.717) is 18.0 Å². The molecule has 0 spiro atoms. The van der Waals surface area contributed by atoms with Crippen LogP contribution in [-0.4, -0.2) is 24.9 Å². The van der Waals surface area contributed by atoms with Crippen LogP contribution in [0, 0.1) is 5.92 Å². The Labute approximate surface area is 136 Å². The highest BCUT2D eigenvalue weighted by molar-refractivity contribution is 6.00. The number of carbonyl (C=O) groups is 2. The van der Waals surface area contributed by atoms with E-state index in [1.807, 2.05) is 24.3 Å². The smallest absolute Gasteiger partial charge is 0.251 e. The van der Waals surface area contributed by atoms with Crippen molar-refractivity contribution in [3.8, 4) is 0 Å². The van der Waals surface area contributed by atoms with Crippen LogP contribution in [0.5, 0.6) is 0 Å². The number of amides is 2. The molecule has 2 aromatic carbocycles. The minimum Gasteiger partial charge on any atom is -0.343 e. The van der Waals surface area contributed by atoms with E-state index in [2.05, 4.69) is 18.3 Å². The summed E-state index contributed by atoms with van der Waals surface area (Å²) in [5.74, 6) is 0.115. The van der Waals surface area contributed by atoms with Gasteiger partial charge in [0.2, 0.25) is 5.91 Å². The van der Waals surface area contributed by atoms with Crippen molar-refractivity contribution in [2.75, 3.05) is 18.0 Å². The number of rotatable bonds is 3. The lowest BCUT2D eigenvalue weighted by Crippen LogP contribution is -2.44. The molecule has 2 amide bonds. The van der Waals surface area contributed by atoms with Crippen LogP contribution in [0.3, 0.4) is 0 Å². The summed E-state index contributed by atoms with van der Waals surface area (Å²) in [6, 6.07) is 16.9. The maximum Gasteiger partial charge on any atom is 0.251 e. The van der Waals surface area contributed by atoms with E-state index in [-0.39, 0.29) is 18.4 Å². The van der Waals surface area contributed by atoms with Crippen molar-refractivity contribution < 1.29 is 9.59 Å². The Hall–Kier alpha value is -2.62. The molecule has 0 bridgehead atoms. The molecule has 0 aliphatic carbocycles. The lowest BCUT2D eigenvalue weighted by molar-refractivity contribution is -0.117. The molecule has 0 saturated heterocycles. The molecule has 118 valence electrons. The Bertz CT molecular complexity index is 712. The summed E-state index contributed by atoms with van der Waals surface area (Å²) in [6.45, 7) is 2.84. The van der Waals surface area contributed by atoms with E-state index in [0.717, 1.165) is 12.1 Å². The van der Waals surface area contributed by atoms with Gasteiger partial charge in [0.25, 0.3) is 5.91 Å². The topological polar surface area (TPSA) is 49.4 Å². The number of benzene rings is 2. The Morgan fingerprint density at radius 3 is 2.57 bits per heavy atom. The average molecular weight is 308 g/mol. The zero-order valence-corrected chi connectivity index (χ0v) is 13.2. The van der Waals surface area contributed by atoms with Gasteiger partial charge in [-0.3, -0.25) is 9.59 Å². The molecule has 0 aromatic heterocycles. The van der Waals surface area contributed by atoms with E-state index in [9.17, 15) is 9.59 Å². The van der Waals surface area contributed by atoms with Crippen molar-refractivity contribution in [1.82, 2.24) is 5.32 Å². The molecule has 3 rings (SSSR count). The van der Waals surface area contributed by atoms with Crippen LogP contribution in [0.25, 0.3) is 0 Å². The number of fused-ring (bicyclic) bond motifs is 1. The van der Waals surface area contributed by atoms with Gasteiger partial charge in [0, 0.05) is 17.8 Å². The molecule has 23 heavy (non-hydrogen) atoms. The molecule has 1 heterocycles. The summed E-state index contributed by atoms with van der Waals surface area (Å²) < 4.78 is 0. The van der Waals surface area contributed by atoms with Gasteiger partial charge in [-0.05, 0) is 36.1 Å². The number of para-hydroxylation sites is 1. The molecule has 0 radical (unpaired) electrons. The third kappa shape index (κ3) is 3.42. The second kappa shape index (κ2) is 6.65. The van der Waals surface area contributed by atoms with E-state index >= 15 is 0 Å². The highest BCUT2D eigenvalue weighted by atomic mass is 16.2. The zero-order chi connectivity index (χ0) is 16.2. The summed E-state index contributed by atoms with van der Waals surface area (Å²) in [6.07, 6.45) is 0.982. The summed E-state index contributed by atoms with van der Waals surface area (Å²) in [5, 5.41) is 2.71. The van der Waals surface area contributed by atoms with E-state index in [1.165, 1.54) is 5.56 Å². The largest absolute Gasteiger partial charge is 0.343 e. The van der Waals surface area contributed by atoms with Gasteiger partial charge < -0.3 is 10.2 Å². The average Bonchev–Trinajstić information content (AvgIpc) is 2.59. The molecular weight excluding hydrogens is 288 g/mol. The Kier molecular flexibility index (Phi) is 4.42. The predicted molar refractivity (Wildman–Crippen MR) is 90.4 cm³/mol. The van der Waals surface area contributed by atoms with Crippen LogP contribution in [0.1, 0.15) is 22.8 Å². The number of hydrogen-bond donors (Lipinski definition) is 1. The Morgan fingerprint density at radius 1 is 1.09 bits per heavy atom. The van der Waals surface area contributed by atoms with Gasteiger partial charge in [-0.15, -0.1) is 0 Å². The number of hydrogen-bond acceptors (Lipinski definition) is 2. The number of anilines is 1. The van der Waals surface area contributed by atoms with Gasteiger partial charge in [-0.25, -0.2) is 0 Å². The van der Waals surface area contributed by atoms with Crippen molar-refractivity contribution >= 4 is 17.5 Å². The van der Waals surface area contributed by atoms with Crippen molar-refractivity contribution in [3.05, 3.63) is 65.7 Å². The van der Waals surface area contributed by atoms with Crippen LogP contribution < -0.4 is 10.2 Å². The number of nitrogens with one attached hydrogen (secondary N) is 1. The molecule has 4 nitrogen and oxygen atoms in total. The standard InChI is InChI=1S/C19H20N2O2/c1-14-11-16-9-5-6-10-17(16)21(13-14)18(22)12-20-19(23)15-7-3-2-4-8-15/h2-10,14H,11-13H2,1H3,(H,20,23). The fourth-order valence-corrected chi connectivity index (χ4v) is 2.98. The van der Waals surface area contributed by atoms with E-state index in [4.69, 9.17) is 0 Å². The highest BCUT2D eigenvalue weighted by Gasteiger charge is 2.26. The number of nitrogens with zero attached hydrogens (tertiary/aromatic N) is 1. The molecule has 2 aromatic rings. The molecule has 1 N–H and O–H groups in total. The molecular formula is C19H20N2O2. The summed E-state index contributed by atoms with van der Waals surface area (Å²) in [4.78, 5) is 26.4. The third-order valence-electron chi connectivity index (χ3n) is 4.08. The molecule has 4 heteroatoms. The normalized spacial score (nSPS) is 16.6. The summed E-state index contributed by atoms with van der Waals surface area (Å²) in [7, 11) is 0. The molecule has 1 aliphatic heterocycles. The van der Waals surface area contributed by atoms with Crippen LogP contribution in [0.2, 0.25) is 0 Å². The SMILES string of the molecule is CC1Cc2ccccc2N(C(=O)CNC(=O)c2ccccc2)C1. The second-order valence-electron chi connectivity index (χ2n) is 5.99. The Morgan fingerprint density at radius 2 is 1.78 bits per heavy atom. The molecule has 1 atom stereocenters. The first-order chi connectivity index (χ1) is 11.1. The lowest BCUT2D eigenvalue weighted by Gasteiger charge is -2.33. The first-order valence-electron chi connectivity index (χ1n) is 7.86. The van der Waals surface area contributed by atoms with E-state index < -0.39 is 0 Å². The van der Waals surface area contributed by atoms with Gasteiger partial charge >= 0.3 is 0 Å². The van der Waals surface area contributed by atoms with E-state index in [1.54, 1.807) is 29.2 Å². The maximum atomic E-state index is 12.6. The van der Waals surface area contributed by atoms with Crippen LogP contribution in [-0.2, 0) is 11.2 Å². The fraction of sp³-hybridized carbons (Fsp3) is 0.263.